The molecule has 0 rings (SSSR count). The Morgan fingerprint density at radius 3 is 2.82 bits per heavy atom. The Kier molecular flexibility index (Phi) is 6.94. The highest BCUT2D eigenvalue weighted by atomic mass is 32.2. The highest BCUT2D eigenvalue weighted by molar-refractivity contribution is 7.98. The van der Waals surface area contributed by atoms with Gasteiger partial charge in [-0.15, -0.1) is 11.8 Å². The normalized spacial score (nSPS) is 11.1. The smallest absolute Gasteiger partial charge is 0.331 e. The number of carbonyl (C=O) groups is 1. The monoisotopic (exact) mass is 172 g/mol. The van der Waals surface area contributed by atoms with E-state index in [0.717, 1.165) is 0 Å². The second-order valence-electron chi connectivity index (χ2n) is 1.75. The van der Waals surface area contributed by atoms with Crippen LogP contribution in [0.25, 0.3) is 0 Å². The first-order valence-corrected chi connectivity index (χ1v) is 4.65. The van der Waals surface area contributed by atoms with E-state index in [2.05, 4.69) is 0 Å². The summed E-state index contributed by atoms with van der Waals surface area (Å²) in [5.74, 6) is 0.122. The lowest BCUT2D eigenvalue weighted by Gasteiger charge is -1.95. The van der Waals surface area contributed by atoms with Crippen molar-refractivity contribution in [2.24, 2.45) is 0 Å². The van der Waals surface area contributed by atoms with E-state index in [1.54, 1.807) is 12.2 Å². The van der Waals surface area contributed by atoms with E-state index in [1.807, 2.05) is 19.3 Å². The number of rotatable bonds is 4. The van der Waals surface area contributed by atoms with Gasteiger partial charge in [-0.05, 0) is 13.2 Å². The van der Waals surface area contributed by atoms with Crippen LogP contribution in [0.15, 0.2) is 24.3 Å². The Bertz CT molecular complexity index is 161. The first-order chi connectivity index (χ1) is 5.31. The van der Waals surface area contributed by atoms with Gasteiger partial charge in [0.2, 0.25) is 0 Å². The Morgan fingerprint density at radius 1 is 1.55 bits per heavy atom. The minimum absolute atomic E-state index is 0.294. The van der Waals surface area contributed by atoms with Crippen LogP contribution in [0.3, 0.4) is 0 Å². The molecule has 0 aromatic carbocycles. The van der Waals surface area contributed by atoms with Gasteiger partial charge in [-0.3, -0.25) is 0 Å². The van der Waals surface area contributed by atoms with Gasteiger partial charge in [0.05, 0.1) is 0 Å². The lowest BCUT2D eigenvalue weighted by molar-refractivity contribution is -0.135. The summed E-state index contributed by atoms with van der Waals surface area (Å²) in [4.78, 5) is 10.7. The fraction of sp³-hybridized carbons (Fsp3) is 0.375. The van der Waals surface area contributed by atoms with Crippen molar-refractivity contribution in [3.63, 3.8) is 0 Å². The van der Waals surface area contributed by atoms with Crippen molar-refractivity contribution in [3.05, 3.63) is 24.3 Å². The molecule has 0 heterocycles. The Balaban J connectivity index is 3.51. The third-order valence-corrected chi connectivity index (χ3v) is 1.21. The number of thioether (sulfide) groups is 1. The van der Waals surface area contributed by atoms with Crippen LogP contribution in [0.1, 0.15) is 6.92 Å². The van der Waals surface area contributed by atoms with E-state index in [1.165, 1.54) is 17.8 Å². The molecule has 0 aromatic rings. The molecule has 0 spiro atoms. The van der Waals surface area contributed by atoms with Crippen LogP contribution >= 0.6 is 11.8 Å². The molecule has 0 aliphatic rings. The average Bonchev–Trinajstić information content (AvgIpc) is 2.01. The number of hydrogen-bond donors (Lipinski definition) is 0. The van der Waals surface area contributed by atoms with Crippen LogP contribution in [0, 0.1) is 0 Å². The second-order valence-corrected chi connectivity index (χ2v) is 2.57. The summed E-state index contributed by atoms with van der Waals surface area (Å²) in [6, 6.07) is 0. The van der Waals surface area contributed by atoms with Gasteiger partial charge in [0.15, 0.2) is 0 Å². The van der Waals surface area contributed by atoms with Gasteiger partial charge in [-0.2, -0.15) is 0 Å². The zero-order valence-electron chi connectivity index (χ0n) is 6.74. The van der Waals surface area contributed by atoms with Crippen LogP contribution in [-0.2, 0) is 9.53 Å². The Morgan fingerprint density at radius 2 is 2.27 bits per heavy atom. The molecule has 0 saturated heterocycles. The third-order valence-electron chi connectivity index (χ3n) is 0.855. The van der Waals surface area contributed by atoms with E-state index in [-0.39, 0.29) is 5.97 Å². The minimum atomic E-state index is -0.294. The summed E-state index contributed by atoms with van der Waals surface area (Å²) >= 11 is 1.47. The predicted molar refractivity (Wildman–Crippen MR) is 48.4 cm³/mol. The maximum absolute atomic E-state index is 10.7. The number of hydrogen-bond acceptors (Lipinski definition) is 3. The molecule has 0 aromatic heterocycles. The SMILES string of the molecule is C/C=C/C=C/C(=O)OCSC. The lowest BCUT2D eigenvalue weighted by atomic mass is 10.4. The first kappa shape index (κ1) is 10.3. The molecule has 0 bridgehead atoms. The molecule has 2 nitrogen and oxygen atoms in total. The Labute approximate surface area is 71.3 Å². The van der Waals surface area contributed by atoms with Crippen molar-refractivity contribution in [2.75, 3.05) is 12.2 Å². The highest BCUT2D eigenvalue weighted by Gasteiger charge is 1.91. The summed E-state index contributed by atoms with van der Waals surface area (Å²) in [5.41, 5.74) is 0. The fourth-order valence-corrected chi connectivity index (χ4v) is 0.644. The number of ether oxygens (including phenoxy) is 1. The molecule has 0 radical (unpaired) electrons. The number of allylic oxidation sites excluding steroid dienone is 3. The van der Waals surface area contributed by atoms with E-state index in [4.69, 9.17) is 4.74 Å². The standard InChI is InChI=1S/C8H12O2S/c1-3-4-5-6-8(9)10-7-11-2/h3-6H,7H2,1-2H3/b4-3+,6-5+. The summed E-state index contributed by atoms with van der Waals surface area (Å²) in [6.07, 6.45) is 8.56. The van der Waals surface area contributed by atoms with Crippen LogP contribution < -0.4 is 0 Å². The molecule has 11 heavy (non-hydrogen) atoms. The van der Waals surface area contributed by atoms with Crippen molar-refractivity contribution in [3.8, 4) is 0 Å². The predicted octanol–water partition coefficient (Wildman–Crippen LogP) is 1.98. The zero-order chi connectivity index (χ0) is 8.53. The van der Waals surface area contributed by atoms with Crippen molar-refractivity contribution >= 4 is 17.7 Å². The molecule has 0 unspecified atom stereocenters. The molecular weight excluding hydrogens is 160 g/mol. The highest BCUT2D eigenvalue weighted by Crippen LogP contribution is 1.93. The van der Waals surface area contributed by atoms with Gasteiger partial charge < -0.3 is 4.74 Å². The van der Waals surface area contributed by atoms with Crippen molar-refractivity contribution < 1.29 is 9.53 Å². The van der Waals surface area contributed by atoms with Crippen LogP contribution in [0.5, 0.6) is 0 Å². The molecule has 0 saturated carbocycles. The van der Waals surface area contributed by atoms with E-state index < -0.39 is 0 Å². The topological polar surface area (TPSA) is 26.3 Å². The number of carbonyl (C=O) groups excluding carboxylic acids is 1. The van der Waals surface area contributed by atoms with Crippen molar-refractivity contribution in [1.29, 1.82) is 0 Å². The van der Waals surface area contributed by atoms with Gasteiger partial charge in [-0.1, -0.05) is 18.2 Å². The minimum Gasteiger partial charge on any atom is -0.451 e. The van der Waals surface area contributed by atoms with E-state index in [0.29, 0.717) is 5.94 Å². The Hall–Kier alpha value is -0.700. The van der Waals surface area contributed by atoms with Gasteiger partial charge in [0, 0.05) is 6.08 Å². The molecule has 62 valence electrons. The summed E-state index contributed by atoms with van der Waals surface area (Å²) < 4.78 is 4.74. The molecule has 0 N–H and O–H groups in total. The van der Waals surface area contributed by atoms with E-state index >= 15 is 0 Å². The number of esters is 1. The molecule has 0 amide bonds. The van der Waals surface area contributed by atoms with Gasteiger partial charge in [-0.25, -0.2) is 4.79 Å². The molecule has 3 heteroatoms. The van der Waals surface area contributed by atoms with E-state index in [9.17, 15) is 4.79 Å². The molecule has 0 atom stereocenters. The fourth-order valence-electron chi connectivity index (χ4n) is 0.410. The van der Waals surface area contributed by atoms with Crippen LogP contribution in [-0.4, -0.2) is 18.2 Å². The molecule has 0 aliphatic heterocycles. The van der Waals surface area contributed by atoms with Gasteiger partial charge in [0.25, 0.3) is 0 Å². The first-order valence-electron chi connectivity index (χ1n) is 3.26. The zero-order valence-corrected chi connectivity index (χ0v) is 7.56. The lowest BCUT2D eigenvalue weighted by Crippen LogP contribution is -1.98. The molecular formula is C8H12O2S. The maximum atomic E-state index is 10.7. The quantitative estimate of drug-likeness (QED) is 0.281. The van der Waals surface area contributed by atoms with Crippen LogP contribution in [0.2, 0.25) is 0 Å². The molecule has 0 fully saturated rings. The van der Waals surface area contributed by atoms with Crippen molar-refractivity contribution in [2.45, 2.75) is 6.92 Å². The summed E-state index contributed by atoms with van der Waals surface area (Å²) in [7, 11) is 0. The largest absolute Gasteiger partial charge is 0.451 e. The average molecular weight is 172 g/mol. The van der Waals surface area contributed by atoms with Gasteiger partial charge >= 0.3 is 5.97 Å². The third kappa shape index (κ3) is 7.19. The molecule has 0 aliphatic carbocycles. The maximum Gasteiger partial charge on any atom is 0.331 e. The van der Waals surface area contributed by atoms with Crippen molar-refractivity contribution in [1.82, 2.24) is 0 Å². The van der Waals surface area contributed by atoms with Crippen LogP contribution in [0.4, 0.5) is 0 Å². The summed E-state index contributed by atoms with van der Waals surface area (Å²) in [5, 5.41) is 0. The second kappa shape index (κ2) is 7.41. The van der Waals surface area contributed by atoms with Gasteiger partial charge in [0.1, 0.15) is 5.94 Å². The summed E-state index contributed by atoms with van der Waals surface area (Å²) in [6.45, 7) is 1.89.